The van der Waals surface area contributed by atoms with Crippen LogP contribution in [0.15, 0.2) is 42.5 Å². The van der Waals surface area contributed by atoms with E-state index >= 15 is 0 Å². The van der Waals surface area contributed by atoms with E-state index in [2.05, 4.69) is 40.2 Å². The molecule has 28 heavy (non-hydrogen) atoms. The minimum atomic E-state index is -0.246. The lowest BCUT2D eigenvalue weighted by Crippen LogP contribution is -2.92. The summed E-state index contributed by atoms with van der Waals surface area (Å²) in [5.41, 5.74) is 5.56. The molecule has 0 aliphatic heterocycles. The summed E-state index contributed by atoms with van der Waals surface area (Å²) in [5.74, 6) is -0.319. The highest BCUT2D eigenvalue weighted by atomic mass is 16.2. The van der Waals surface area contributed by atoms with Crippen molar-refractivity contribution >= 4 is 17.5 Å². The summed E-state index contributed by atoms with van der Waals surface area (Å²) in [7, 11) is 0. The molecule has 0 bridgehead atoms. The van der Waals surface area contributed by atoms with Gasteiger partial charge in [-0.1, -0.05) is 42.5 Å². The third kappa shape index (κ3) is 4.78. The van der Waals surface area contributed by atoms with Crippen LogP contribution in [0.2, 0.25) is 0 Å². The van der Waals surface area contributed by atoms with Gasteiger partial charge in [0.25, 0.3) is 5.91 Å². The first-order valence-electron chi connectivity index (χ1n) is 10.0. The summed E-state index contributed by atoms with van der Waals surface area (Å²) in [6.07, 6.45) is 3.33. The Bertz CT molecular complexity index is 842. The van der Waals surface area contributed by atoms with Gasteiger partial charge in [0.05, 0.1) is 6.54 Å². The molecule has 0 aromatic heterocycles. The van der Waals surface area contributed by atoms with E-state index in [0.29, 0.717) is 6.04 Å². The number of amides is 2. The Morgan fingerprint density at radius 2 is 1.82 bits per heavy atom. The molecule has 2 aromatic carbocycles. The molecule has 0 saturated carbocycles. The molecule has 2 atom stereocenters. The number of aryl methyl sites for hydroxylation is 3. The van der Waals surface area contributed by atoms with E-state index in [4.69, 9.17) is 0 Å². The first-order valence-corrected chi connectivity index (χ1v) is 10.0. The smallest absolute Gasteiger partial charge is 0.278 e. The maximum atomic E-state index is 12.5. The van der Waals surface area contributed by atoms with Gasteiger partial charge in [-0.2, -0.15) is 0 Å². The Kier molecular flexibility index (Phi) is 6.47. The summed E-state index contributed by atoms with van der Waals surface area (Å²) in [6, 6.07) is 14.4. The quantitative estimate of drug-likeness (QED) is 0.720. The molecule has 1 aliphatic carbocycles. The minimum Gasteiger partial charge on any atom is -0.342 e. The van der Waals surface area contributed by atoms with E-state index in [-0.39, 0.29) is 24.4 Å². The average molecular weight is 381 g/mol. The van der Waals surface area contributed by atoms with Crippen molar-refractivity contribution < 1.29 is 14.9 Å². The molecule has 4 N–H and O–H groups in total. The normalized spacial score (nSPS) is 16.8. The standard InChI is InChI=1S/C23H29N3O2/c1-15-8-6-9-16(2)22(15)26-21(27)14-24-23(28)17(3)25-20-13-7-11-18-10-4-5-12-19(18)20/h4-6,8-10,12,17,20,25H,7,11,13-14H2,1-3H3,(H,24,28)(H,26,27)/p+1/t17-,20+/m0/s1. The van der Waals surface area contributed by atoms with E-state index in [0.717, 1.165) is 36.1 Å². The molecule has 2 aromatic rings. The zero-order valence-electron chi connectivity index (χ0n) is 16.9. The lowest BCUT2D eigenvalue weighted by atomic mass is 9.87. The molecule has 3 rings (SSSR count). The van der Waals surface area contributed by atoms with Crippen molar-refractivity contribution in [3.63, 3.8) is 0 Å². The summed E-state index contributed by atoms with van der Waals surface area (Å²) >= 11 is 0. The van der Waals surface area contributed by atoms with E-state index < -0.39 is 0 Å². The molecule has 148 valence electrons. The third-order valence-corrected chi connectivity index (χ3v) is 5.52. The Labute approximate surface area is 166 Å². The second-order valence-corrected chi connectivity index (χ2v) is 7.71. The predicted molar refractivity (Wildman–Crippen MR) is 111 cm³/mol. The van der Waals surface area contributed by atoms with E-state index in [1.165, 1.54) is 11.1 Å². The molecule has 0 fully saturated rings. The van der Waals surface area contributed by atoms with Gasteiger partial charge in [0.15, 0.2) is 6.04 Å². The number of anilines is 1. The Morgan fingerprint density at radius 3 is 2.57 bits per heavy atom. The first-order chi connectivity index (χ1) is 13.5. The van der Waals surface area contributed by atoms with E-state index in [1.54, 1.807) is 0 Å². The fraction of sp³-hybridized carbons (Fsp3) is 0.391. The van der Waals surface area contributed by atoms with Crippen molar-refractivity contribution in [3.05, 3.63) is 64.7 Å². The molecule has 0 unspecified atom stereocenters. The van der Waals surface area contributed by atoms with Crippen LogP contribution in [-0.4, -0.2) is 24.4 Å². The van der Waals surface area contributed by atoms with Crippen LogP contribution in [-0.2, 0) is 16.0 Å². The summed E-state index contributed by atoms with van der Waals surface area (Å²) in [6.45, 7) is 5.79. The number of hydrogen-bond donors (Lipinski definition) is 3. The number of benzene rings is 2. The number of carbonyl (C=O) groups is 2. The Hall–Kier alpha value is -2.66. The van der Waals surface area contributed by atoms with E-state index in [1.807, 2.05) is 39.0 Å². The van der Waals surface area contributed by atoms with Gasteiger partial charge >= 0.3 is 0 Å². The SMILES string of the molecule is Cc1cccc(C)c1NC(=O)CNC(=O)[C@H](C)[NH2+][C@@H]1CCCc2ccccc21. The first kappa shape index (κ1) is 20.1. The zero-order chi connectivity index (χ0) is 20.1. The van der Waals surface area contributed by atoms with Gasteiger partial charge in [-0.25, -0.2) is 0 Å². The number of carbonyl (C=O) groups excluding carboxylic acids is 2. The molecule has 0 radical (unpaired) electrons. The van der Waals surface area contributed by atoms with Crippen molar-refractivity contribution in [3.8, 4) is 0 Å². The third-order valence-electron chi connectivity index (χ3n) is 5.52. The van der Waals surface area contributed by atoms with Crippen LogP contribution in [0.25, 0.3) is 0 Å². The number of quaternary nitrogens is 1. The van der Waals surface area contributed by atoms with Gasteiger partial charge in [0, 0.05) is 17.7 Å². The molecule has 0 heterocycles. The molecular weight excluding hydrogens is 350 g/mol. The average Bonchev–Trinajstić information content (AvgIpc) is 2.69. The number of hydrogen-bond acceptors (Lipinski definition) is 2. The molecule has 5 heteroatoms. The maximum absolute atomic E-state index is 12.5. The topological polar surface area (TPSA) is 74.8 Å². The summed E-state index contributed by atoms with van der Waals surface area (Å²) in [4.78, 5) is 24.8. The lowest BCUT2D eigenvalue weighted by Gasteiger charge is -2.26. The van der Waals surface area contributed by atoms with Crippen LogP contribution in [0, 0.1) is 13.8 Å². The highest BCUT2D eigenvalue weighted by Gasteiger charge is 2.27. The van der Waals surface area contributed by atoms with E-state index in [9.17, 15) is 9.59 Å². The van der Waals surface area contributed by atoms with Crippen LogP contribution >= 0.6 is 0 Å². The van der Waals surface area contributed by atoms with Gasteiger partial charge in [0.1, 0.15) is 6.04 Å². The Balaban J connectivity index is 1.52. The molecule has 1 aliphatic rings. The second kappa shape index (κ2) is 9.02. The van der Waals surface area contributed by atoms with Gasteiger partial charge in [-0.3, -0.25) is 9.59 Å². The van der Waals surface area contributed by atoms with Gasteiger partial charge < -0.3 is 16.0 Å². The van der Waals surface area contributed by atoms with Crippen LogP contribution in [0.3, 0.4) is 0 Å². The molecule has 5 nitrogen and oxygen atoms in total. The fourth-order valence-electron chi connectivity index (χ4n) is 3.95. The summed E-state index contributed by atoms with van der Waals surface area (Å²) < 4.78 is 0. The largest absolute Gasteiger partial charge is 0.342 e. The molecule has 0 spiro atoms. The van der Waals surface area contributed by atoms with Crippen LogP contribution in [0.1, 0.15) is 48.1 Å². The number of nitrogens with one attached hydrogen (secondary N) is 2. The number of rotatable bonds is 6. The number of nitrogens with two attached hydrogens (primary N) is 1. The van der Waals surface area contributed by atoms with Gasteiger partial charge in [-0.05, 0) is 50.3 Å². The summed E-state index contributed by atoms with van der Waals surface area (Å²) in [5, 5.41) is 7.80. The lowest BCUT2D eigenvalue weighted by molar-refractivity contribution is -0.714. The zero-order valence-corrected chi connectivity index (χ0v) is 16.9. The second-order valence-electron chi connectivity index (χ2n) is 7.71. The minimum absolute atomic E-state index is 0.0218. The highest BCUT2D eigenvalue weighted by molar-refractivity contribution is 5.96. The maximum Gasteiger partial charge on any atom is 0.278 e. The van der Waals surface area contributed by atoms with Crippen LogP contribution in [0.5, 0.6) is 0 Å². The van der Waals surface area contributed by atoms with Crippen molar-refractivity contribution in [2.45, 2.75) is 52.1 Å². The monoisotopic (exact) mass is 380 g/mol. The van der Waals surface area contributed by atoms with Crippen molar-refractivity contribution in [1.29, 1.82) is 0 Å². The van der Waals surface area contributed by atoms with Crippen LogP contribution < -0.4 is 16.0 Å². The molecule has 2 amide bonds. The predicted octanol–water partition coefficient (Wildman–Crippen LogP) is 2.39. The van der Waals surface area contributed by atoms with Crippen molar-refractivity contribution in [2.75, 3.05) is 11.9 Å². The Morgan fingerprint density at radius 1 is 1.11 bits per heavy atom. The van der Waals surface area contributed by atoms with Gasteiger partial charge in [0.2, 0.25) is 5.91 Å². The number of para-hydroxylation sites is 1. The number of fused-ring (bicyclic) bond motifs is 1. The van der Waals surface area contributed by atoms with Crippen LogP contribution in [0.4, 0.5) is 5.69 Å². The molecular formula is C23H30N3O2+. The highest BCUT2D eigenvalue weighted by Crippen LogP contribution is 2.26. The molecule has 0 saturated heterocycles. The van der Waals surface area contributed by atoms with Crippen molar-refractivity contribution in [1.82, 2.24) is 5.32 Å². The fourth-order valence-corrected chi connectivity index (χ4v) is 3.95. The van der Waals surface area contributed by atoms with Gasteiger partial charge in [-0.15, -0.1) is 0 Å². The van der Waals surface area contributed by atoms with Crippen molar-refractivity contribution in [2.24, 2.45) is 0 Å².